The number of hydrogen-bond donors (Lipinski definition) is 1. The van der Waals surface area contributed by atoms with Gasteiger partial charge in [0.1, 0.15) is 0 Å². The highest BCUT2D eigenvalue weighted by atomic mass is 32.2. The summed E-state index contributed by atoms with van der Waals surface area (Å²) in [4.78, 5) is 0. The maximum Gasteiger partial charge on any atom is 0.0521 e. The largest absolute Gasteiger partial charge is 0.325 e. The molecule has 0 aromatic carbocycles. The van der Waals surface area contributed by atoms with Gasteiger partial charge < -0.3 is 5.73 Å². The molecule has 0 aliphatic heterocycles. The number of hydrogen-bond acceptors (Lipinski definition) is 3. The molecule has 0 atom stereocenters. The molecule has 1 heterocycles. The molecule has 0 saturated carbocycles. The number of nitrogens with two attached hydrogens (primary N) is 1. The summed E-state index contributed by atoms with van der Waals surface area (Å²) in [5.41, 5.74) is 7.13. The van der Waals surface area contributed by atoms with Gasteiger partial charge in [0, 0.05) is 24.5 Å². The highest BCUT2D eigenvalue weighted by Gasteiger charge is 2.09. The van der Waals surface area contributed by atoms with Crippen LogP contribution in [-0.4, -0.2) is 26.8 Å². The van der Waals surface area contributed by atoms with Crippen molar-refractivity contribution in [3.05, 3.63) is 18.0 Å². The molecular weight excluding hydrogens is 194 g/mol. The van der Waals surface area contributed by atoms with Crippen LogP contribution in [0.4, 0.5) is 0 Å². The first-order valence-corrected chi connectivity index (χ1v) is 5.97. The van der Waals surface area contributed by atoms with Crippen LogP contribution in [0, 0.1) is 0 Å². The van der Waals surface area contributed by atoms with E-state index < -0.39 is 0 Å². The fourth-order valence-corrected chi connectivity index (χ4v) is 2.18. The quantitative estimate of drug-likeness (QED) is 0.753. The van der Waals surface area contributed by atoms with Gasteiger partial charge >= 0.3 is 0 Å². The van der Waals surface area contributed by atoms with Gasteiger partial charge in [0.25, 0.3) is 0 Å². The van der Waals surface area contributed by atoms with Crippen LogP contribution in [0.15, 0.2) is 12.4 Å². The van der Waals surface area contributed by atoms with Gasteiger partial charge in [0.05, 0.1) is 6.20 Å². The predicted molar refractivity (Wildman–Crippen MR) is 62.5 cm³/mol. The standard InChI is InChI=1S/C10H19N3S/c1-10(2,11)8-14-5-4-9-6-12-13(3)7-9/h6-7H,4-5,8,11H2,1-3H3. The number of aryl methyl sites for hydroxylation is 2. The van der Waals surface area contributed by atoms with E-state index in [1.165, 1.54) is 5.56 Å². The van der Waals surface area contributed by atoms with E-state index in [4.69, 9.17) is 5.73 Å². The molecule has 0 unspecified atom stereocenters. The molecule has 1 aromatic rings. The summed E-state index contributed by atoms with van der Waals surface area (Å²) in [7, 11) is 1.94. The first kappa shape index (κ1) is 11.6. The molecule has 14 heavy (non-hydrogen) atoms. The molecule has 1 rings (SSSR count). The average molecular weight is 213 g/mol. The van der Waals surface area contributed by atoms with E-state index >= 15 is 0 Å². The molecule has 0 fully saturated rings. The van der Waals surface area contributed by atoms with Crippen molar-refractivity contribution in [2.45, 2.75) is 25.8 Å². The van der Waals surface area contributed by atoms with Crippen molar-refractivity contribution >= 4 is 11.8 Å². The minimum Gasteiger partial charge on any atom is -0.325 e. The first-order valence-electron chi connectivity index (χ1n) is 4.81. The third kappa shape index (κ3) is 4.67. The van der Waals surface area contributed by atoms with Gasteiger partial charge in [0.2, 0.25) is 0 Å². The molecule has 80 valence electrons. The Hall–Kier alpha value is -0.480. The zero-order valence-electron chi connectivity index (χ0n) is 9.16. The van der Waals surface area contributed by atoms with Crippen LogP contribution in [0.25, 0.3) is 0 Å². The lowest BCUT2D eigenvalue weighted by molar-refractivity contribution is 0.591. The summed E-state index contributed by atoms with van der Waals surface area (Å²) in [5, 5.41) is 4.13. The Morgan fingerprint density at radius 2 is 2.29 bits per heavy atom. The fourth-order valence-electron chi connectivity index (χ4n) is 1.13. The van der Waals surface area contributed by atoms with E-state index in [9.17, 15) is 0 Å². The third-order valence-electron chi connectivity index (χ3n) is 1.77. The van der Waals surface area contributed by atoms with E-state index in [0.29, 0.717) is 0 Å². The van der Waals surface area contributed by atoms with Crippen molar-refractivity contribution in [3.8, 4) is 0 Å². The monoisotopic (exact) mass is 213 g/mol. The van der Waals surface area contributed by atoms with Crippen molar-refractivity contribution < 1.29 is 0 Å². The lowest BCUT2D eigenvalue weighted by Gasteiger charge is -2.17. The Kier molecular flexibility index (Phi) is 4.01. The van der Waals surface area contributed by atoms with Gasteiger partial charge in [-0.25, -0.2) is 0 Å². The predicted octanol–water partition coefficient (Wildman–Crippen LogP) is 1.43. The minimum absolute atomic E-state index is 0.0559. The highest BCUT2D eigenvalue weighted by Crippen LogP contribution is 2.11. The number of aromatic nitrogens is 2. The number of thioether (sulfide) groups is 1. The van der Waals surface area contributed by atoms with Gasteiger partial charge in [-0.1, -0.05) is 0 Å². The number of nitrogens with zero attached hydrogens (tertiary/aromatic N) is 2. The van der Waals surface area contributed by atoms with Crippen LogP contribution in [0.5, 0.6) is 0 Å². The molecular formula is C10H19N3S. The maximum absolute atomic E-state index is 5.88. The number of rotatable bonds is 5. The minimum atomic E-state index is -0.0559. The second-order valence-electron chi connectivity index (χ2n) is 4.31. The van der Waals surface area contributed by atoms with Crippen LogP contribution < -0.4 is 5.73 Å². The Bertz CT molecular complexity index is 275. The average Bonchev–Trinajstić information content (AvgIpc) is 2.44. The molecule has 0 bridgehead atoms. The zero-order chi connectivity index (χ0) is 10.6. The summed E-state index contributed by atoms with van der Waals surface area (Å²) in [6.45, 7) is 4.12. The van der Waals surface area contributed by atoms with Crippen LogP contribution in [0.1, 0.15) is 19.4 Å². The second kappa shape index (κ2) is 4.84. The second-order valence-corrected chi connectivity index (χ2v) is 5.42. The van der Waals surface area contributed by atoms with Gasteiger partial charge in [-0.2, -0.15) is 16.9 Å². The summed E-state index contributed by atoms with van der Waals surface area (Å²) in [6.07, 6.45) is 5.07. The van der Waals surface area contributed by atoms with Crippen molar-refractivity contribution in [2.24, 2.45) is 12.8 Å². The van der Waals surface area contributed by atoms with Gasteiger partial charge in [-0.3, -0.25) is 4.68 Å². The molecule has 1 aromatic heterocycles. The van der Waals surface area contributed by atoms with Gasteiger partial charge in [-0.05, 0) is 31.6 Å². The van der Waals surface area contributed by atoms with Crippen molar-refractivity contribution in [1.82, 2.24) is 9.78 Å². The van der Waals surface area contributed by atoms with Crippen molar-refractivity contribution in [2.75, 3.05) is 11.5 Å². The Morgan fingerprint density at radius 1 is 1.57 bits per heavy atom. The van der Waals surface area contributed by atoms with Gasteiger partial charge in [-0.15, -0.1) is 0 Å². The summed E-state index contributed by atoms with van der Waals surface area (Å²) in [5.74, 6) is 2.12. The summed E-state index contributed by atoms with van der Waals surface area (Å²) >= 11 is 1.90. The van der Waals surface area contributed by atoms with Crippen molar-refractivity contribution in [1.29, 1.82) is 0 Å². The zero-order valence-corrected chi connectivity index (χ0v) is 9.97. The molecule has 0 aliphatic rings. The van der Waals surface area contributed by atoms with E-state index in [2.05, 4.69) is 25.1 Å². The molecule has 4 heteroatoms. The smallest absolute Gasteiger partial charge is 0.0521 e. The van der Waals surface area contributed by atoms with E-state index in [0.717, 1.165) is 17.9 Å². The van der Waals surface area contributed by atoms with Gasteiger partial charge in [0.15, 0.2) is 0 Å². The van der Waals surface area contributed by atoms with Crippen LogP contribution >= 0.6 is 11.8 Å². The molecule has 2 N–H and O–H groups in total. The molecule has 0 radical (unpaired) electrons. The third-order valence-corrected chi connectivity index (χ3v) is 3.21. The topological polar surface area (TPSA) is 43.8 Å². The molecule has 0 amide bonds. The first-order chi connectivity index (χ1) is 6.47. The molecule has 0 aliphatic carbocycles. The Labute approximate surface area is 90.1 Å². The van der Waals surface area contributed by atoms with E-state index in [-0.39, 0.29) is 5.54 Å². The van der Waals surface area contributed by atoms with Crippen LogP contribution in [0.2, 0.25) is 0 Å². The highest BCUT2D eigenvalue weighted by molar-refractivity contribution is 7.99. The lowest BCUT2D eigenvalue weighted by Crippen LogP contribution is -2.34. The lowest BCUT2D eigenvalue weighted by atomic mass is 10.1. The van der Waals surface area contributed by atoms with Crippen molar-refractivity contribution in [3.63, 3.8) is 0 Å². The fraction of sp³-hybridized carbons (Fsp3) is 0.700. The van der Waals surface area contributed by atoms with E-state index in [1.807, 2.05) is 29.7 Å². The molecule has 0 saturated heterocycles. The Balaban J connectivity index is 2.16. The Morgan fingerprint density at radius 3 is 2.79 bits per heavy atom. The summed E-state index contributed by atoms with van der Waals surface area (Å²) < 4.78 is 1.84. The molecule has 3 nitrogen and oxygen atoms in total. The summed E-state index contributed by atoms with van der Waals surface area (Å²) in [6, 6.07) is 0. The van der Waals surface area contributed by atoms with E-state index in [1.54, 1.807) is 0 Å². The maximum atomic E-state index is 5.88. The van der Waals surface area contributed by atoms with Crippen LogP contribution in [0.3, 0.4) is 0 Å². The van der Waals surface area contributed by atoms with Crippen LogP contribution in [-0.2, 0) is 13.5 Å². The molecule has 0 spiro atoms. The normalized spacial score (nSPS) is 12.0. The SMILES string of the molecule is Cn1cc(CCSCC(C)(C)N)cn1.